The molecule has 25 heavy (non-hydrogen) atoms. The Morgan fingerprint density at radius 3 is 2.64 bits per heavy atom. The van der Waals surface area contributed by atoms with E-state index in [4.69, 9.17) is 0 Å². The highest BCUT2D eigenvalue weighted by Crippen LogP contribution is 2.21. The number of hydrogen-bond donors (Lipinski definition) is 2. The molecular formula is C17H12N4O4. The summed E-state index contributed by atoms with van der Waals surface area (Å²) in [6.07, 6.45) is 1.34. The molecular weight excluding hydrogens is 324 g/mol. The number of phenolic OH excluding ortho intramolecular Hbond substituents is 1. The first-order chi connectivity index (χ1) is 12.0. The van der Waals surface area contributed by atoms with E-state index in [2.05, 4.69) is 15.5 Å². The molecule has 0 saturated heterocycles. The summed E-state index contributed by atoms with van der Waals surface area (Å²) in [4.78, 5) is 26.2. The second-order valence-corrected chi connectivity index (χ2v) is 5.09. The minimum atomic E-state index is -0.541. The average molecular weight is 336 g/mol. The number of hydrogen-bond acceptors (Lipinski definition) is 6. The van der Waals surface area contributed by atoms with Gasteiger partial charge in [0.05, 0.1) is 16.8 Å². The van der Waals surface area contributed by atoms with Gasteiger partial charge < -0.3 is 5.11 Å². The highest BCUT2D eigenvalue weighted by molar-refractivity contribution is 5.95. The predicted molar refractivity (Wildman–Crippen MR) is 91.6 cm³/mol. The quantitative estimate of drug-likeness (QED) is 0.431. The third-order valence-corrected chi connectivity index (χ3v) is 3.42. The van der Waals surface area contributed by atoms with Crippen molar-refractivity contribution in [1.82, 2.24) is 10.4 Å². The van der Waals surface area contributed by atoms with Crippen LogP contribution in [0, 0.1) is 10.1 Å². The van der Waals surface area contributed by atoms with Crippen LogP contribution in [0.5, 0.6) is 5.75 Å². The molecule has 124 valence electrons. The van der Waals surface area contributed by atoms with E-state index in [-0.39, 0.29) is 17.0 Å². The van der Waals surface area contributed by atoms with Gasteiger partial charge in [0, 0.05) is 23.1 Å². The molecule has 3 rings (SSSR count). The first kappa shape index (κ1) is 16.1. The van der Waals surface area contributed by atoms with E-state index in [1.807, 2.05) is 6.07 Å². The number of non-ortho nitro benzene ring substituents is 1. The molecule has 0 saturated carbocycles. The van der Waals surface area contributed by atoms with Gasteiger partial charge in [0.1, 0.15) is 11.3 Å². The summed E-state index contributed by atoms with van der Waals surface area (Å²) in [7, 11) is 0. The number of benzene rings is 2. The van der Waals surface area contributed by atoms with Crippen molar-refractivity contribution in [2.24, 2.45) is 5.10 Å². The Hall–Kier alpha value is -3.81. The number of para-hydroxylation sites is 1. The molecule has 0 atom stereocenters. The van der Waals surface area contributed by atoms with Crippen molar-refractivity contribution < 1.29 is 14.8 Å². The molecule has 8 heteroatoms. The summed E-state index contributed by atoms with van der Waals surface area (Å²) >= 11 is 0. The fourth-order valence-corrected chi connectivity index (χ4v) is 2.17. The Balaban J connectivity index is 1.71. The number of aromatic nitrogens is 1. The minimum absolute atomic E-state index is 0.0580. The maximum Gasteiger partial charge on any atom is 0.271 e. The normalized spacial score (nSPS) is 10.9. The summed E-state index contributed by atoms with van der Waals surface area (Å²) in [5.41, 5.74) is 3.36. The number of nitrogens with one attached hydrogen (secondary N) is 1. The summed E-state index contributed by atoms with van der Waals surface area (Å²) in [5.74, 6) is -0.447. The number of aromatic hydroxyl groups is 1. The fourth-order valence-electron chi connectivity index (χ4n) is 2.17. The highest BCUT2D eigenvalue weighted by atomic mass is 16.6. The number of hydrazone groups is 1. The van der Waals surface area contributed by atoms with Crippen molar-refractivity contribution in [1.29, 1.82) is 0 Å². The van der Waals surface area contributed by atoms with Crippen LogP contribution in [0.4, 0.5) is 5.69 Å². The molecule has 0 radical (unpaired) electrons. The van der Waals surface area contributed by atoms with Gasteiger partial charge in [-0.1, -0.05) is 18.2 Å². The Labute approximate surface area is 141 Å². The third kappa shape index (κ3) is 3.58. The molecule has 0 aliphatic heterocycles. The van der Waals surface area contributed by atoms with Crippen LogP contribution < -0.4 is 5.43 Å². The van der Waals surface area contributed by atoms with Gasteiger partial charge in [-0.25, -0.2) is 10.4 Å². The van der Waals surface area contributed by atoms with Gasteiger partial charge in [0.15, 0.2) is 0 Å². The number of nitrogens with zero attached hydrogens (tertiary/aromatic N) is 3. The number of phenols is 1. The predicted octanol–water partition coefficient (Wildman–Crippen LogP) is 2.61. The SMILES string of the molecule is O=C(NN=Cc1ccc2cccc(O)c2n1)c1ccc([N+](=O)[O-])cc1. The van der Waals surface area contributed by atoms with E-state index in [1.165, 1.54) is 36.5 Å². The molecule has 1 heterocycles. The van der Waals surface area contributed by atoms with Crippen molar-refractivity contribution in [3.05, 3.63) is 76.0 Å². The van der Waals surface area contributed by atoms with Crippen LogP contribution >= 0.6 is 0 Å². The number of amides is 1. The highest BCUT2D eigenvalue weighted by Gasteiger charge is 2.08. The smallest absolute Gasteiger partial charge is 0.271 e. The summed E-state index contributed by atoms with van der Waals surface area (Å²) in [6, 6.07) is 13.7. The molecule has 0 unspecified atom stereocenters. The molecule has 2 aromatic carbocycles. The monoisotopic (exact) mass is 336 g/mol. The van der Waals surface area contributed by atoms with Gasteiger partial charge in [0.2, 0.25) is 0 Å². The van der Waals surface area contributed by atoms with Gasteiger partial charge in [-0.05, 0) is 24.3 Å². The number of nitro groups is 1. The first-order valence-corrected chi connectivity index (χ1v) is 7.21. The lowest BCUT2D eigenvalue weighted by molar-refractivity contribution is -0.384. The van der Waals surface area contributed by atoms with Crippen molar-refractivity contribution in [2.45, 2.75) is 0 Å². The maximum atomic E-state index is 11.9. The summed E-state index contributed by atoms with van der Waals surface area (Å²) in [5, 5.41) is 25.0. The Bertz CT molecular complexity index is 984. The molecule has 0 spiro atoms. The summed E-state index contributed by atoms with van der Waals surface area (Å²) < 4.78 is 0. The van der Waals surface area contributed by atoms with Gasteiger partial charge in [-0.2, -0.15) is 5.10 Å². The van der Waals surface area contributed by atoms with Crippen LogP contribution in [0.3, 0.4) is 0 Å². The van der Waals surface area contributed by atoms with E-state index in [1.54, 1.807) is 18.2 Å². The molecule has 1 aromatic heterocycles. The Morgan fingerprint density at radius 1 is 1.16 bits per heavy atom. The lowest BCUT2D eigenvalue weighted by atomic mass is 10.2. The van der Waals surface area contributed by atoms with Crippen LogP contribution in [0.1, 0.15) is 16.1 Å². The minimum Gasteiger partial charge on any atom is -0.506 e. The third-order valence-electron chi connectivity index (χ3n) is 3.42. The van der Waals surface area contributed by atoms with Crippen LogP contribution in [0.15, 0.2) is 59.7 Å². The van der Waals surface area contributed by atoms with Crippen molar-refractivity contribution in [2.75, 3.05) is 0 Å². The zero-order valence-electron chi connectivity index (χ0n) is 12.8. The number of rotatable bonds is 4. The molecule has 0 fully saturated rings. The number of carbonyl (C=O) groups is 1. The average Bonchev–Trinajstić information content (AvgIpc) is 2.62. The molecule has 3 aromatic rings. The van der Waals surface area contributed by atoms with E-state index in [9.17, 15) is 20.0 Å². The molecule has 0 aliphatic carbocycles. The number of nitro benzene ring substituents is 1. The Morgan fingerprint density at radius 2 is 1.92 bits per heavy atom. The fraction of sp³-hybridized carbons (Fsp3) is 0. The van der Waals surface area contributed by atoms with Crippen LogP contribution in [0.2, 0.25) is 0 Å². The van der Waals surface area contributed by atoms with E-state index in [0.717, 1.165) is 5.39 Å². The lowest BCUT2D eigenvalue weighted by Crippen LogP contribution is -2.17. The second-order valence-electron chi connectivity index (χ2n) is 5.09. The molecule has 0 aliphatic rings. The van der Waals surface area contributed by atoms with Crippen molar-refractivity contribution in [3.8, 4) is 5.75 Å². The van der Waals surface area contributed by atoms with Crippen molar-refractivity contribution in [3.63, 3.8) is 0 Å². The van der Waals surface area contributed by atoms with E-state index >= 15 is 0 Å². The van der Waals surface area contributed by atoms with Crippen LogP contribution in [-0.4, -0.2) is 27.1 Å². The molecule has 8 nitrogen and oxygen atoms in total. The standard InChI is InChI=1S/C17H12N4O4/c22-15-3-1-2-11-4-7-13(19-16(11)15)10-18-20-17(23)12-5-8-14(9-6-12)21(24)25/h1-10,22H,(H,20,23). The second kappa shape index (κ2) is 6.75. The molecule has 0 bridgehead atoms. The maximum absolute atomic E-state index is 11.9. The van der Waals surface area contributed by atoms with Crippen LogP contribution in [0.25, 0.3) is 10.9 Å². The zero-order valence-corrected chi connectivity index (χ0v) is 12.8. The van der Waals surface area contributed by atoms with Gasteiger partial charge >= 0.3 is 0 Å². The molecule has 2 N–H and O–H groups in total. The summed E-state index contributed by atoms with van der Waals surface area (Å²) in [6.45, 7) is 0. The number of pyridine rings is 1. The van der Waals surface area contributed by atoms with Gasteiger partial charge in [-0.15, -0.1) is 0 Å². The lowest BCUT2D eigenvalue weighted by Gasteiger charge is -2.01. The number of fused-ring (bicyclic) bond motifs is 1. The molecule has 1 amide bonds. The van der Waals surface area contributed by atoms with E-state index in [0.29, 0.717) is 11.2 Å². The first-order valence-electron chi connectivity index (χ1n) is 7.21. The Kier molecular flexibility index (Phi) is 4.34. The van der Waals surface area contributed by atoms with Gasteiger partial charge in [-0.3, -0.25) is 14.9 Å². The number of carbonyl (C=O) groups excluding carboxylic acids is 1. The zero-order chi connectivity index (χ0) is 17.8. The van der Waals surface area contributed by atoms with Gasteiger partial charge in [0.25, 0.3) is 11.6 Å². The van der Waals surface area contributed by atoms with Crippen molar-refractivity contribution >= 4 is 28.7 Å². The van der Waals surface area contributed by atoms with E-state index < -0.39 is 10.8 Å². The van der Waals surface area contributed by atoms with Crippen LogP contribution in [-0.2, 0) is 0 Å². The largest absolute Gasteiger partial charge is 0.506 e. The topological polar surface area (TPSA) is 118 Å².